The minimum atomic E-state index is 0.543. The Bertz CT molecular complexity index is 209. The normalized spacial score (nSPS) is 58.8. The second-order valence-corrected chi connectivity index (χ2v) is 4.46. The molecule has 11 heavy (non-hydrogen) atoms. The minimum absolute atomic E-state index is 0.543. The molecule has 0 aromatic carbocycles. The van der Waals surface area contributed by atoms with Crippen LogP contribution in [0.5, 0.6) is 0 Å². The molecule has 0 radical (unpaired) electrons. The van der Waals surface area contributed by atoms with Crippen LogP contribution in [0.4, 0.5) is 0 Å². The van der Waals surface area contributed by atoms with Gasteiger partial charge in [-0.15, -0.1) is 0 Å². The van der Waals surface area contributed by atoms with E-state index in [1.807, 2.05) is 0 Å². The van der Waals surface area contributed by atoms with E-state index < -0.39 is 0 Å². The van der Waals surface area contributed by atoms with Gasteiger partial charge in [-0.3, -0.25) is 0 Å². The third kappa shape index (κ3) is 0.652. The van der Waals surface area contributed by atoms with Gasteiger partial charge in [0.2, 0.25) is 0 Å². The summed E-state index contributed by atoms with van der Waals surface area (Å²) in [5.41, 5.74) is 6.05. The molecule has 3 rings (SSSR count). The summed E-state index contributed by atoms with van der Waals surface area (Å²) in [5, 5.41) is 0. The van der Waals surface area contributed by atoms with E-state index in [2.05, 4.69) is 12.2 Å². The van der Waals surface area contributed by atoms with Crippen LogP contribution < -0.4 is 5.73 Å². The molecule has 0 spiro atoms. The van der Waals surface area contributed by atoms with Gasteiger partial charge in [-0.1, -0.05) is 12.2 Å². The molecule has 0 aromatic rings. The van der Waals surface area contributed by atoms with Crippen molar-refractivity contribution in [1.82, 2.24) is 0 Å². The zero-order chi connectivity index (χ0) is 7.42. The van der Waals surface area contributed by atoms with Crippen molar-refractivity contribution < 1.29 is 0 Å². The Morgan fingerprint density at radius 1 is 1.18 bits per heavy atom. The van der Waals surface area contributed by atoms with E-state index >= 15 is 0 Å². The topological polar surface area (TPSA) is 26.0 Å². The van der Waals surface area contributed by atoms with Gasteiger partial charge in [-0.25, -0.2) is 0 Å². The van der Waals surface area contributed by atoms with Crippen molar-refractivity contribution in [3.8, 4) is 0 Å². The average molecular weight is 149 g/mol. The van der Waals surface area contributed by atoms with Crippen LogP contribution in [0.15, 0.2) is 12.2 Å². The average Bonchev–Trinajstić information content (AvgIpc) is 2.52. The van der Waals surface area contributed by atoms with Gasteiger partial charge in [-0.05, 0) is 42.9 Å². The Balaban J connectivity index is 1.94. The van der Waals surface area contributed by atoms with Crippen LogP contribution in [0.1, 0.15) is 19.3 Å². The number of fused-ring (bicyclic) bond motifs is 5. The molecule has 2 bridgehead atoms. The van der Waals surface area contributed by atoms with Crippen LogP contribution in [0.25, 0.3) is 0 Å². The second kappa shape index (κ2) is 1.89. The van der Waals surface area contributed by atoms with E-state index in [4.69, 9.17) is 5.73 Å². The monoisotopic (exact) mass is 149 g/mol. The lowest BCUT2D eigenvalue weighted by atomic mass is 9.79. The van der Waals surface area contributed by atoms with E-state index in [9.17, 15) is 0 Å². The van der Waals surface area contributed by atoms with E-state index in [0.717, 1.165) is 23.7 Å². The first kappa shape index (κ1) is 6.24. The molecule has 2 N–H and O–H groups in total. The second-order valence-electron chi connectivity index (χ2n) is 4.46. The zero-order valence-corrected chi connectivity index (χ0v) is 6.74. The third-order valence-corrected chi connectivity index (χ3v) is 4.05. The summed E-state index contributed by atoms with van der Waals surface area (Å²) in [6.45, 7) is 0. The highest BCUT2D eigenvalue weighted by atomic mass is 14.7. The number of hydrogen-bond acceptors (Lipinski definition) is 1. The summed E-state index contributed by atoms with van der Waals surface area (Å²) in [6.07, 6.45) is 8.87. The van der Waals surface area contributed by atoms with E-state index in [1.165, 1.54) is 19.3 Å². The summed E-state index contributed by atoms with van der Waals surface area (Å²) in [5.74, 6) is 3.71. The van der Waals surface area contributed by atoms with Crippen molar-refractivity contribution in [2.75, 3.05) is 0 Å². The standard InChI is InChI=1S/C10H15N/c11-10-5-6-4-9(10)8-3-1-2-7(6)8/h1-2,6-10H,3-5,11H2/t6?,7-,8-,9?,10-/m1/s1. The van der Waals surface area contributed by atoms with Crippen molar-refractivity contribution in [1.29, 1.82) is 0 Å². The van der Waals surface area contributed by atoms with Gasteiger partial charge >= 0.3 is 0 Å². The molecule has 0 amide bonds. The molecule has 0 aromatic heterocycles. The van der Waals surface area contributed by atoms with Gasteiger partial charge in [0.15, 0.2) is 0 Å². The largest absolute Gasteiger partial charge is 0.327 e. The number of allylic oxidation sites excluding steroid dienone is 2. The predicted molar refractivity (Wildman–Crippen MR) is 44.9 cm³/mol. The fourth-order valence-electron chi connectivity index (χ4n) is 3.61. The van der Waals surface area contributed by atoms with Crippen molar-refractivity contribution in [2.45, 2.75) is 25.3 Å². The van der Waals surface area contributed by atoms with Crippen molar-refractivity contribution >= 4 is 0 Å². The number of hydrogen-bond donors (Lipinski definition) is 1. The fourth-order valence-corrected chi connectivity index (χ4v) is 3.61. The fraction of sp³-hybridized carbons (Fsp3) is 0.800. The molecule has 1 heteroatoms. The lowest BCUT2D eigenvalue weighted by Crippen LogP contribution is -2.34. The highest BCUT2D eigenvalue weighted by molar-refractivity contribution is 5.14. The lowest BCUT2D eigenvalue weighted by Gasteiger charge is -2.28. The Hall–Kier alpha value is -0.300. The van der Waals surface area contributed by atoms with Crippen molar-refractivity contribution in [3.63, 3.8) is 0 Å². The molecule has 1 nitrogen and oxygen atoms in total. The van der Waals surface area contributed by atoms with Gasteiger partial charge in [0.1, 0.15) is 0 Å². The maximum absolute atomic E-state index is 6.05. The van der Waals surface area contributed by atoms with Crippen molar-refractivity contribution in [3.05, 3.63) is 12.2 Å². The molecule has 0 heterocycles. The van der Waals surface area contributed by atoms with E-state index in [0.29, 0.717) is 6.04 Å². The van der Waals surface area contributed by atoms with E-state index in [1.54, 1.807) is 0 Å². The first-order valence-electron chi connectivity index (χ1n) is 4.78. The minimum Gasteiger partial charge on any atom is -0.327 e. The molecule has 2 fully saturated rings. The van der Waals surface area contributed by atoms with Crippen LogP contribution in [0.2, 0.25) is 0 Å². The van der Waals surface area contributed by atoms with Crippen molar-refractivity contribution in [2.24, 2.45) is 29.4 Å². The van der Waals surface area contributed by atoms with Gasteiger partial charge in [0, 0.05) is 6.04 Å². The molecule has 5 atom stereocenters. The maximum Gasteiger partial charge on any atom is 0.00730 e. The summed E-state index contributed by atoms with van der Waals surface area (Å²) in [7, 11) is 0. The number of rotatable bonds is 0. The maximum atomic E-state index is 6.05. The van der Waals surface area contributed by atoms with Gasteiger partial charge in [-0.2, -0.15) is 0 Å². The first-order valence-corrected chi connectivity index (χ1v) is 4.78. The van der Waals surface area contributed by atoms with Gasteiger partial charge < -0.3 is 5.73 Å². The smallest absolute Gasteiger partial charge is 0.00730 e. The SMILES string of the molecule is N[C@@H]1CC2CC1[C@@H]1CC=C[C@H]21. The van der Waals surface area contributed by atoms with Gasteiger partial charge in [0.05, 0.1) is 0 Å². The molecule has 3 aliphatic rings. The molecule has 0 aliphatic heterocycles. The molecule has 0 saturated heterocycles. The Morgan fingerprint density at radius 3 is 3.00 bits per heavy atom. The first-order chi connectivity index (χ1) is 5.36. The molecule has 2 unspecified atom stereocenters. The lowest BCUT2D eigenvalue weighted by molar-refractivity contribution is 0.255. The highest BCUT2D eigenvalue weighted by Crippen LogP contribution is 2.55. The third-order valence-electron chi connectivity index (χ3n) is 4.05. The van der Waals surface area contributed by atoms with Crippen LogP contribution >= 0.6 is 0 Å². The zero-order valence-electron chi connectivity index (χ0n) is 6.74. The summed E-state index contributed by atoms with van der Waals surface area (Å²) in [4.78, 5) is 0. The summed E-state index contributed by atoms with van der Waals surface area (Å²) < 4.78 is 0. The summed E-state index contributed by atoms with van der Waals surface area (Å²) in [6, 6.07) is 0.543. The van der Waals surface area contributed by atoms with Crippen LogP contribution in [-0.4, -0.2) is 6.04 Å². The predicted octanol–water partition coefficient (Wildman–Crippen LogP) is 1.55. The Morgan fingerprint density at radius 2 is 2.09 bits per heavy atom. The molecular formula is C10H15N. The molecule has 3 aliphatic carbocycles. The number of nitrogens with two attached hydrogens (primary N) is 1. The molecular weight excluding hydrogens is 134 g/mol. The van der Waals surface area contributed by atoms with E-state index in [-0.39, 0.29) is 0 Å². The Labute approximate surface area is 67.7 Å². The van der Waals surface area contributed by atoms with Gasteiger partial charge in [0.25, 0.3) is 0 Å². The van der Waals surface area contributed by atoms with Crippen LogP contribution in [0.3, 0.4) is 0 Å². The molecule has 60 valence electrons. The van der Waals surface area contributed by atoms with Crippen LogP contribution in [0, 0.1) is 23.7 Å². The molecule has 2 saturated carbocycles. The Kier molecular flexibility index (Phi) is 1.07. The highest BCUT2D eigenvalue weighted by Gasteiger charge is 2.50. The summed E-state index contributed by atoms with van der Waals surface area (Å²) >= 11 is 0. The van der Waals surface area contributed by atoms with Crippen LogP contribution in [-0.2, 0) is 0 Å². The quantitative estimate of drug-likeness (QED) is 0.519.